The third-order valence-corrected chi connectivity index (χ3v) is 2.89. The number of rotatable bonds is 3. The Hall–Kier alpha value is -1.81. The normalized spacial score (nSPS) is 12.4. The second kappa shape index (κ2) is 5.23. The number of hydrogen-bond acceptors (Lipinski definition) is 2. The summed E-state index contributed by atoms with van der Waals surface area (Å²) >= 11 is 0. The molecule has 0 saturated heterocycles. The molecule has 2 aromatic rings. The molecule has 94 valence electrons. The van der Waals surface area contributed by atoms with Gasteiger partial charge >= 0.3 is 0 Å². The van der Waals surface area contributed by atoms with Crippen LogP contribution in [0.4, 0.5) is 8.78 Å². The molecule has 0 amide bonds. The quantitative estimate of drug-likeness (QED) is 0.907. The van der Waals surface area contributed by atoms with Crippen LogP contribution in [-0.2, 0) is 6.42 Å². The van der Waals surface area contributed by atoms with Crippen molar-refractivity contribution in [2.75, 3.05) is 0 Å². The van der Waals surface area contributed by atoms with E-state index in [4.69, 9.17) is 5.73 Å². The maximum Gasteiger partial charge on any atom is 0.130 e. The molecule has 1 heterocycles. The Kier molecular flexibility index (Phi) is 3.67. The van der Waals surface area contributed by atoms with Gasteiger partial charge in [0.1, 0.15) is 11.6 Å². The molecule has 1 aromatic carbocycles. The van der Waals surface area contributed by atoms with E-state index in [1.807, 2.05) is 19.1 Å². The van der Waals surface area contributed by atoms with E-state index in [9.17, 15) is 8.78 Å². The summed E-state index contributed by atoms with van der Waals surface area (Å²) in [5, 5.41) is 0. The smallest absolute Gasteiger partial charge is 0.130 e. The molecule has 1 atom stereocenters. The van der Waals surface area contributed by atoms with Crippen molar-refractivity contribution in [3.63, 3.8) is 0 Å². The van der Waals surface area contributed by atoms with E-state index in [-0.39, 0.29) is 0 Å². The Bertz CT molecular complexity index is 555. The van der Waals surface area contributed by atoms with Crippen LogP contribution in [-0.4, -0.2) is 4.98 Å². The first kappa shape index (κ1) is 12.6. The zero-order valence-electron chi connectivity index (χ0n) is 10.0. The zero-order chi connectivity index (χ0) is 13.1. The van der Waals surface area contributed by atoms with Crippen LogP contribution in [0.1, 0.15) is 22.9 Å². The van der Waals surface area contributed by atoms with E-state index in [2.05, 4.69) is 4.98 Å². The predicted molar refractivity (Wildman–Crippen MR) is 66.0 cm³/mol. The van der Waals surface area contributed by atoms with Gasteiger partial charge in [-0.2, -0.15) is 0 Å². The molecular formula is C14H14F2N2. The first-order chi connectivity index (χ1) is 8.58. The van der Waals surface area contributed by atoms with Crippen molar-refractivity contribution in [1.82, 2.24) is 4.98 Å². The Labute approximate surface area is 104 Å². The van der Waals surface area contributed by atoms with Gasteiger partial charge in [-0.05, 0) is 24.6 Å². The summed E-state index contributed by atoms with van der Waals surface area (Å²) in [6, 6.07) is 6.68. The third kappa shape index (κ3) is 2.71. The van der Waals surface area contributed by atoms with Crippen LogP contribution in [0.2, 0.25) is 0 Å². The highest BCUT2D eigenvalue weighted by atomic mass is 19.1. The molecule has 1 aromatic heterocycles. The second-order valence-corrected chi connectivity index (χ2v) is 4.24. The van der Waals surface area contributed by atoms with Crippen LogP contribution in [0, 0.1) is 18.6 Å². The molecule has 0 aliphatic heterocycles. The van der Waals surface area contributed by atoms with E-state index in [1.165, 1.54) is 12.1 Å². The summed E-state index contributed by atoms with van der Waals surface area (Å²) in [6.45, 7) is 1.93. The average molecular weight is 248 g/mol. The summed E-state index contributed by atoms with van der Waals surface area (Å²) < 4.78 is 26.4. The molecule has 1 unspecified atom stereocenters. The molecule has 0 bridgehead atoms. The Morgan fingerprint density at radius 1 is 1.28 bits per heavy atom. The van der Waals surface area contributed by atoms with Crippen molar-refractivity contribution < 1.29 is 8.78 Å². The van der Waals surface area contributed by atoms with E-state index < -0.39 is 17.7 Å². The van der Waals surface area contributed by atoms with Crippen LogP contribution in [0.25, 0.3) is 0 Å². The molecule has 0 aliphatic rings. The number of aryl methyl sites for hydroxylation is 1. The number of halogens is 2. The standard InChI is InChI=1S/C14H14F2N2/c1-9-3-2-6-18-14(9)8-13(17)11-5-4-10(15)7-12(11)16/h2-7,13H,8,17H2,1H3. The van der Waals surface area contributed by atoms with Gasteiger partial charge in [0, 0.05) is 36.0 Å². The SMILES string of the molecule is Cc1cccnc1CC(N)c1ccc(F)cc1F. The molecule has 4 heteroatoms. The molecule has 0 radical (unpaired) electrons. The van der Waals surface area contributed by atoms with Crippen LogP contribution >= 0.6 is 0 Å². The van der Waals surface area contributed by atoms with E-state index >= 15 is 0 Å². The molecule has 2 N–H and O–H groups in total. The molecule has 0 saturated carbocycles. The lowest BCUT2D eigenvalue weighted by atomic mass is 10.00. The van der Waals surface area contributed by atoms with Crippen molar-refractivity contribution in [3.05, 3.63) is 65.0 Å². The third-order valence-electron chi connectivity index (χ3n) is 2.89. The van der Waals surface area contributed by atoms with Gasteiger partial charge < -0.3 is 5.73 Å². The summed E-state index contributed by atoms with van der Waals surface area (Å²) in [4.78, 5) is 4.21. The van der Waals surface area contributed by atoms with E-state index in [0.29, 0.717) is 12.0 Å². The summed E-state index contributed by atoms with van der Waals surface area (Å²) in [6.07, 6.45) is 2.10. The number of aromatic nitrogens is 1. The van der Waals surface area contributed by atoms with E-state index in [1.54, 1.807) is 6.20 Å². The fraction of sp³-hybridized carbons (Fsp3) is 0.214. The molecule has 0 fully saturated rings. The van der Waals surface area contributed by atoms with Gasteiger partial charge in [-0.25, -0.2) is 8.78 Å². The van der Waals surface area contributed by atoms with Crippen molar-refractivity contribution in [3.8, 4) is 0 Å². The topological polar surface area (TPSA) is 38.9 Å². The van der Waals surface area contributed by atoms with Gasteiger partial charge in [-0.15, -0.1) is 0 Å². The first-order valence-electron chi connectivity index (χ1n) is 5.69. The molecule has 0 aliphatic carbocycles. The number of nitrogens with zero attached hydrogens (tertiary/aromatic N) is 1. The van der Waals surface area contributed by atoms with Crippen molar-refractivity contribution in [2.24, 2.45) is 5.73 Å². The van der Waals surface area contributed by atoms with Crippen molar-refractivity contribution in [1.29, 1.82) is 0 Å². The van der Waals surface area contributed by atoms with Crippen LogP contribution in [0.3, 0.4) is 0 Å². The lowest BCUT2D eigenvalue weighted by Crippen LogP contribution is -2.16. The maximum absolute atomic E-state index is 13.6. The minimum Gasteiger partial charge on any atom is -0.324 e. The monoisotopic (exact) mass is 248 g/mol. The van der Waals surface area contributed by atoms with Crippen molar-refractivity contribution in [2.45, 2.75) is 19.4 Å². The zero-order valence-corrected chi connectivity index (χ0v) is 10.0. The lowest BCUT2D eigenvalue weighted by Gasteiger charge is -2.13. The number of benzene rings is 1. The van der Waals surface area contributed by atoms with Crippen LogP contribution in [0.5, 0.6) is 0 Å². The first-order valence-corrected chi connectivity index (χ1v) is 5.69. The minimum absolute atomic E-state index is 0.307. The molecule has 2 rings (SSSR count). The summed E-state index contributed by atoms with van der Waals surface area (Å²) in [7, 11) is 0. The molecule has 2 nitrogen and oxygen atoms in total. The predicted octanol–water partition coefficient (Wildman–Crippen LogP) is 2.91. The van der Waals surface area contributed by atoms with Crippen LogP contribution in [0.15, 0.2) is 36.5 Å². The Balaban J connectivity index is 2.22. The van der Waals surface area contributed by atoms with Gasteiger partial charge in [-0.3, -0.25) is 4.98 Å². The summed E-state index contributed by atoms with van der Waals surface area (Å²) in [5.41, 5.74) is 8.09. The van der Waals surface area contributed by atoms with Crippen LogP contribution < -0.4 is 5.73 Å². The molecule has 18 heavy (non-hydrogen) atoms. The fourth-order valence-electron chi connectivity index (χ4n) is 1.85. The molecule has 0 spiro atoms. The Morgan fingerprint density at radius 3 is 2.72 bits per heavy atom. The van der Waals surface area contributed by atoms with Crippen molar-refractivity contribution >= 4 is 0 Å². The largest absolute Gasteiger partial charge is 0.324 e. The fourth-order valence-corrected chi connectivity index (χ4v) is 1.85. The molecular weight excluding hydrogens is 234 g/mol. The van der Waals surface area contributed by atoms with Gasteiger partial charge in [0.15, 0.2) is 0 Å². The average Bonchev–Trinajstić information content (AvgIpc) is 2.32. The van der Waals surface area contributed by atoms with Gasteiger partial charge in [0.2, 0.25) is 0 Å². The Morgan fingerprint density at radius 2 is 2.06 bits per heavy atom. The van der Waals surface area contributed by atoms with Gasteiger partial charge in [0.05, 0.1) is 0 Å². The van der Waals surface area contributed by atoms with Gasteiger partial charge in [-0.1, -0.05) is 12.1 Å². The maximum atomic E-state index is 13.6. The second-order valence-electron chi connectivity index (χ2n) is 4.24. The number of hydrogen-bond donors (Lipinski definition) is 1. The highest BCUT2D eigenvalue weighted by Gasteiger charge is 2.14. The highest BCUT2D eigenvalue weighted by molar-refractivity contribution is 5.25. The number of pyridine rings is 1. The highest BCUT2D eigenvalue weighted by Crippen LogP contribution is 2.20. The minimum atomic E-state index is -0.615. The lowest BCUT2D eigenvalue weighted by molar-refractivity contribution is 0.552. The van der Waals surface area contributed by atoms with E-state index in [0.717, 1.165) is 17.3 Å². The number of nitrogens with two attached hydrogens (primary N) is 1. The summed E-state index contributed by atoms with van der Waals surface area (Å²) in [5.74, 6) is -1.21. The van der Waals surface area contributed by atoms with Gasteiger partial charge in [0.25, 0.3) is 0 Å².